The first-order valence-corrected chi connectivity index (χ1v) is 7.82. The first kappa shape index (κ1) is 14.4. The molecule has 0 bridgehead atoms. The summed E-state index contributed by atoms with van der Waals surface area (Å²) in [4.78, 5) is 0. The van der Waals surface area contributed by atoms with Gasteiger partial charge < -0.3 is 10.1 Å². The Hall–Kier alpha value is -1.51. The summed E-state index contributed by atoms with van der Waals surface area (Å²) in [5.41, 5.74) is 2.54. The van der Waals surface area contributed by atoms with Crippen LogP contribution in [-0.4, -0.2) is 13.2 Å². The van der Waals surface area contributed by atoms with E-state index in [9.17, 15) is 0 Å². The van der Waals surface area contributed by atoms with Crippen molar-refractivity contribution in [2.24, 2.45) is 0 Å². The van der Waals surface area contributed by atoms with Crippen LogP contribution in [0.2, 0.25) is 5.02 Å². The zero-order valence-corrected chi connectivity index (χ0v) is 12.9. The molecule has 0 amide bonds. The van der Waals surface area contributed by atoms with E-state index in [2.05, 4.69) is 36.5 Å². The van der Waals surface area contributed by atoms with Gasteiger partial charge in [0.15, 0.2) is 0 Å². The smallest absolute Gasteiger partial charge is 0.122 e. The highest BCUT2D eigenvalue weighted by Gasteiger charge is 2.22. The van der Waals surface area contributed by atoms with Gasteiger partial charge in [0, 0.05) is 29.1 Å². The van der Waals surface area contributed by atoms with Gasteiger partial charge in [0.25, 0.3) is 0 Å². The van der Waals surface area contributed by atoms with Crippen molar-refractivity contribution >= 4 is 11.6 Å². The molecule has 0 spiro atoms. The third-order valence-electron chi connectivity index (χ3n) is 4.11. The highest BCUT2D eigenvalue weighted by Crippen LogP contribution is 2.35. The van der Waals surface area contributed by atoms with Gasteiger partial charge in [0.2, 0.25) is 0 Å². The first-order chi connectivity index (χ1) is 10.2. The van der Waals surface area contributed by atoms with Gasteiger partial charge in [-0.2, -0.15) is 0 Å². The number of fused-ring (bicyclic) bond motifs is 1. The average molecular weight is 302 g/mol. The van der Waals surface area contributed by atoms with Crippen LogP contribution in [-0.2, 0) is 0 Å². The van der Waals surface area contributed by atoms with E-state index in [-0.39, 0.29) is 0 Å². The molecule has 1 aliphatic rings. The van der Waals surface area contributed by atoms with E-state index in [1.165, 1.54) is 11.1 Å². The number of benzene rings is 2. The number of hydrogen-bond donors (Lipinski definition) is 1. The highest BCUT2D eigenvalue weighted by atomic mass is 35.5. The third kappa shape index (κ3) is 3.39. The van der Waals surface area contributed by atoms with Crippen molar-refractivity contribution in [3.8, 4) is 5.75 Å². The molecule has 1 unspecified atom stereocenters. The molecule has 2 atom stereocenters. The fourth-order valence-electron chi connectivity index (χ4n) is 2.83. The van der Waals surface area contributed by atoms with Crippen LogP contribution in [0.1, 0.15) is 36.4 Å². The summed E-state index contributed by atoms with van der Waals surface area (Å²) in [5, 5.41) is 4.41. The Labute approximate surface area is 131 Å². The van der Waals surface area contributed by atoms with Crippen molar-refractivity contribution in [2.45, 2.75) is 25.3 Å². The summed E-state index contributed by atoms with van der Waals surface area (Å²) in [5.74, 6) is 1.43. The van der Waals surface area contributed by atoms with Crippen LogP contribution in [0.3, 0.4) is 0 Å². The number of nitrogens with one attached hydrogen (secondary N) is 1. The van der Waals surface area contributed by atoms with Gasteiger partial charge >= 0.3 is 0 Å². The van der Waals surface area contributed by atoms with E-state index in [1.807, 2.05) is 24.3 Å². The van der Waals surface area contributed by atoms with Gasteiger partial charge in [-0.15, -0.1) is 0 Å². The molecule has 0 saturated carbocycles. The van der Waals surface area contributed by atoms with E-state index in [0.717, 1.165) is 30.3 Å². The second-order valence-electron chi connectivity index (χ2n) is 5.56. The molecule has 3 heteroatoms. The molecule has 3 rings (SSSR count). The fourth-order valence-corrected chi connectivity index (χ4v) is 3.01. The predicted molar refractivity (Wildman–Crippen MR) is 87.2 cm³/mol. The SMILES string of the molecule is CC(NC[C@@H]1CCOc2ccc(Cl)cc21)c1ccccc1. The quantitative estimate of drug-likeness (QED) is 0.894. The number of halogens is 1. The molecule has 0 saturated heterocycles. The zero-order chi connectivity index (χ0) is 14.7. The Morgan fingerprint density at radius 1 is 1.24 bits per heavy atom. The molecule has 2 aromatic rings. The maximum atomic E-state index is 6.12. The maximum absolute atomic E-state index is 6.12. The van der Waals surface area contributed by atoms with Crippen molar-refractivity contribution < 1.29 is 4.74 Å². The molecule has 2 aromatic carbocycles. The molecule has 1 N–H and O–H groups in total. The predicted octanol–water partition coefficient (Wildman–Crippen LogP) is 4.56. The standard InChI is InChI=1S/C18H20ClNO/c1-13(14-5-3-2-4-6-14)20-12-15-9-10-21-18-8-7-16(19)11-17(15)18/h2-8,11,13,15,20H,9-10,12H2,1H3/t13?,15-/m0/s1. The van der Waals surface area contributed by atoms with E-state index < -0.39 is 0 Å². The molecule has 1 aliphatic heterocycles. The van der Waals surface area contributed by atoms with Gasteiger partial charge in [-0.25, -0.2) is 0 Å². The molecule has 21 heavy (non-hydrogen) atoms. The third-order valence-corrected chi connectivity index (χ3v) is 4.34. The molecule has 0 radical (unpaired) electrons. The molecular formula is C18H20ClNO. The minimum Gasteiger partial charge on any atom is -0.493 e. The Morgan fingerprint density at radius 2 is 2.05 bits per heavy atom. The molecule has 0 fully saturated rings. The molecule has 0 aromatic heterocycles. The normalized spacial score (nSPS) is 18.7. The van der Waals surface area contributed by atoms with Crippen LogP contribution < -0.4 is 10.1 Å². The van der Waals surface area contributed by atoms with Crippen molar-refractivity contribution in [2.75, 3.05) is 13.2 Å². The van der Waals surface area contributed by atoms with Crippen molar-refractivity contribution in [3.63, 3.8) is 0 Å². The van der Waals surface area contributed by atoms with Gasteiger partial charge in [0.05, 0.1) is 6.61 Å². The summed E-state index contributed by atoms with van der Waals surface area (Å²) >= 11 is 6.12. The lowest BCUT2D eigenvalue weighted by atomic mass is 9.92. The number of ether oxygens (including phenoxy) is 1. The van der Waals surface area contributed by atoms with Gasteiger partial charge in [-0.05, 0) is 37.1 Å². The Balaban J connectivity index is 1.68. The monoisotopic (exact) mass is 301 g/mol. The van der Waals surface area contributed by atoms with Crippen LogP contribution in [0.5, 0.6) is 5.75 Å². The van der Waals surface area contributed by atoms with Crippen LogP contribution >= 0.6 is 11.6 Å². The lowest BCUT2D eigenvalue weighted by Gasteiger charge is -2.27. The topological polar surface area (TPSA) is 21.3 Å². The number of hydrogen-bond acceptors (Lipinski definition) is 2. The largest absolute Gasteiger partial charge is 0.493 e. The lowest BCUT2D eigenvalue weighted by Crippen LogP contribution is -2.28. The highest BCUT2D eigenvalue weighted by molar-refractivity contribution is 6.30. The van der Waals surface area contributed by atoms with Crippen LogP contribution in [0.25, 0.3) is 0 Å². The Morgan fingerprint density at radius 3 is 2.86 bits per heavy atom. The zero-order valence-electron chi connectivity index (χ0n) is 12.2. The van der Waals surface area contributed by atoms with E-state index in [1.54, 1.807) is 0 Å². The van der Waals surface area contributed by atoms with Crippen LogP contribution in [0, 0.1) is 0 Å². The molecular weight excluding hydrogens is 282 g/mol. The van der Waals surface area contributed by atoms with Crippen LogP contribution in [0.4, 0.5) is 0 Å². The summed E-state index contributed by atoms with van der Waals surface area (Å²) < 4.78 is 5.71. The summed E-state index contributed by atoms with van der Waals surface area (Å²) in [6, 6.07) is 16.8. The van der Waals surface area contributed by atoms with E-state index in [0.29, 0.717) is 12.0 Å². The van der Waals surface area contributed by atoms with Gasteiger partial charge in [-0.3, -0.25) is 0 Å². The summed E-state index contributed by atoms with van der Waals surface area (Å²) in [6.45, 7) is 3.92. The minimum absolute atomic E-state index is 0.344. The fraction of sp³-hybridized carbons (Fsp3) is 0.333. The van der Waals surface area contributed by atoms with Crippen LogP contribution in [0.15, 0.2) is 48.5 Å². The molecule has 1 heterocycles. The van der Waals surface area contributed by atoms with Crippen molar-refractivity contribution in [3.05, 3.63) is 64.7 Å². The van der Waals surface area contributed by atoms with E-state index >= 15 is 0 Å². The average Bonchev–Trinajstić information content (AvgIpc) is 2.53. The Bertz CT molecular complexity index is 599. The minimum atomic E-state index is 0.344. The van der Waals surface area contributed by atoms with E-state index in [4.69, 9.17) is 16.3 Å². The van der Waals surface area contributed by atoms with Gasteiger partial charge in [-0.1, -0.05) is 41.9 Å². The second kappa shape index (κ2) is 6.50. The summed E-state index contributed by atoms with van der Waals surface area (Å²) in [6.07, 6.45) is 1.03. The lowest BCUT2D eigenvalue weighted by molar-refractivity contribution is 0.263. The maximum Gasteiger partial charge on any atom is 0.122 e. The Kier molecular flexibility index (Phi) is 4.47. The molecule has 0 aliphatic carbocycles. The summed E-state index contributed by atoms with van der Waals surface area (Å²) in [7, 11) is 0. The first-order valence-electron chi connectivity index (χ1n) is 7.44. The van der Waals surface area contributed by atoms with Crippen molar-refractivity contribution in [1.82, 2.24) is 5.32 Å². The molecule has 2 nitrogen and oxygen atoms in total. The second-order valence-corrected chi connectivity index (χ2v) is 5.99. The number of rotatable bonds is 4. The van der Waals surface area contributed by atoms with Crippen molar-refractivity contribution in [1.29, 1.82) is 0 Å². The molecule has 110 valence electrons. The van der Waals surface area contributed by atoms with Gasteiger partial charge in [0.1, 0.15) is 5.75 Å².